The van der Waals surface area contributed by atoms with Crippen LogP contribution in [0.2, 0.25) is 10.0 Å². The molecule has 0 bridgehead atoms. The van der Waals surface area contributed by atoms with E-state index in [0.29, 0.717) is 35.1 Å². The molecular weight excluding hydrogens is 515 g/mol. The Hall–Kier alpha value is -1.87. The van der Waals surface area contributed by atoms with Gasteiger partial charge in [0, 0.05) is 39.8 Å². The maximum absolute atomic E-state index is 13.5. The number of carbonyl (C=O) groups excluding carboxylic acids is 3. The number of carbonyl (C=O) groups is 3. The van der Waals surface area contributed by atoms with E-state index < -0.39 is 6.10 Å². The van der Waals surface area contributed by atoms with Crippen molar-refractivity contribution >= 4 is 40.9 Å². The van der Waals surface area contributed by atoms with Gasteiger partial charge in [0.05, 0.1) is 22.6 Å². The van der Waals surface area contributed by atoms with Crippen molar-refractivity contribution in [3.8, 4) is 0 Å². The number of hydrogen-bond donors (Lipinski definition) is 1. The van der Waals surface area contributed by atoms with Crippen LogP contribution in [0.4, 0.5) is 0 Å². The van der Waals surface area contributed by atoms with Gasteiger partial charge in [-0.2, -0.15) is 0 Å². The summed E-state index contributed by atoms with van der Waals surface area (Å²) in [5.41, 5.74) is 0.882. The number of piperidine rings is 1. The largest absolute Gasteiger partial charge is 0.372 e. The molecule has 0 aromatic heterocycles. The highest BCUT2D eigenvalue weighted by Crippen LogP contribution is 2.40. The van der Waals surface area contributed by atoms with Crippen LogP contribution in [0.15, 0.2) is 18.2 Å². The summed E-state index contributed by atoms with van der Waals surface area (Å²) in [6, 6.07) is 5.49. The van der Waals surface area contributed by atoms with Crippen molar-refractivity contribution in [3.05, 3.63) is 33.8 Å². The predicted molar refractivity (Wildman–Crippen MR) is 143 cm³/mol. The lowest BCUT2D eigenvalue weighted by atomic mass is 9.69. The minimum Gasteiger partial charge on any atom is -0.372 e. The fourth-order valence-corrected chi connectivity index (χ4v) is 6.38. The fourth-order valence-electron chi connectivity index (χ4n) is 6.06. The summed E-state index contributed by atoms with van der Waals surface area (Å²) in [6.07, 6.45) is 4.43. The minimum absolute atomic E-state index is 0.0513. The molecule has 3 fully saturated rings. The third-order valence-corrected chi connectivity index (χ3v) is 9.18. The summed E-state index contributed by atoms with van der Waals surface area (Å²) >= 11 is 12.1. The summed E-state index contributed by atoms with van der Waals surface area (Å²) < 4.78 is 5.19. The van der Waals surface area contributed by atoms with Gasteiger partial charge in [-0.05, 0) is 68.6 Å². The zero-order chi connectivity index (χ0) is 26.7. The van der Waals surface area contributed by atoms with Crippen molar-refractivity contribution in [2.45, 2.75) is 57.7 Å². The van der Waals surface area contributed by atoms with Crippen LogP contribution in [0.25, 0.3) is 0 Å². The standard InChI is InChI=1S/C27H38Cl2N4O4/c1-17(37-3)26(35)32-10-8-19(9-11-32)20-5-7-24-21(13-20)27(36)33(16-30-24)15-25(34)31(2)14-18-4-6-22(28)23(29)12-18/h4,6,12,17,19-21,24,30H,5,7-11,13-16H2,1-3H3. The lowest BCUT2D eigenvalue weighted by Gasteiger charge is -2.46. The number of rotatable bonds is 7. The molecule has 4 rings (SSSR count). The number of ether oxygens (including phenoxy) is 1. The summed E-state index contributed by atoms with van der Waals surface area (Å²) in [4.78, 5) is 44.0. The Labute approximate surface area is 229 Å². The molecule has 2 heterocycles. The highest BCUT2D eigenvalue weighted by Gasteiger charge is 2.43. The second-order valence-corrected chi connectivity index (χ2v) is 11.5. The van der Waals surface area contributed by atoms with Crippen LogP contribution in [0.3, 0.4) is 0 Å². The normalized spacial score (nSPS) is 25.5. The van der Waals surface area contributed by atoms with E-state index in [1.54, 1.807) is 43.0 Å². The van der Waals surface area contributed by atoms with Crippen LogP contribution in [-0.2, 0) is 25.7 Å². The van der Waals surface area contributed by atoms with Crippen LogP contribution < -0.4 is 5.32 Å². The van der Waals surface area contributed by atoms with E-state index in [0.717, 1.165) is 50.8 Å². The molecule has 1 saturated carbocycles. The lowest BCUT2D eigenvalue weighted by molar-refractivity contribution is -0.149. The molecule has 1 aromatic carbocycles. The number of fused-ring (bicyclic) bond motifs is 1. The van der Waals surface area contributed by atoms with Crippen LogP contribution in [0, 0.1) is 17.8 Å². The van der Waals surface area contributed by atoms with Gasteiger partial charge in [-0.25, -0.2) is 0 Å². The lowest BCUT2D eigenvalue weighted by Crippen LogP contribution is -2.60. The predicted octanol–water partition coefficient (Wildman–Crippen LogP) is 3.40. The fraction of sp³-hybridized carbons (Fsp3) is 0.667. The molecule has 10 heteroatoms. The second-order valence-electron chi connectivity index (χ2n) is 10.7. The molecule has 4 unspecified atom stereocenters. The van der Waals surface area contributed by atoms with Gasteiger partial charge in [0.1, 0.15) is 12.6 Å². The van der Waals surface area contributed by atoms with Crippen molar-refractivity contribution in [1.82, 2.24) is 20.0 Å². The van der Waals surface area contributed by atoms with Crippen LogP contribution >= 0.6 is 23.2 Å². The maximum atomic E-state index is 13.5. The molecule has 2 saturated heterocycles. The first kappa shape index (κ1) is 28.1. The summed E-state index contributed by atoms with van der Waals surface area (Å²) in [7, 11) is 3.30. The zero-order valence-corrected chi connectivity index (χ0v) is 23.4. The highest BCUT2D eigenvalue weighted by molar-refractivity contribution is 6.42. The molecule has 4 atom stereocenters. The van der Waals surface area contributed by atoms with Gasteiger partial charge >= 0.3 is 0 Å². The molecule has 0 radical (unpaired) electrons. The van der Waals surface area contributed by atoms with Crippen molar-refractivity contribution in [3.63, 3.8) is 0 Å². The smallest absolute Gasteiger partial charge is 0.251 e. The molecule has 2 aliphatic heterocycles. The average Bonchev–Trinajstić information content (AvgIpc) is 2.91. The van der Waals surface area contributed by atoms with E-state index >= 15 is 0 Å². The number of amides is 3. The van der Waals surface area contributed by atoms with E-state index in [2.05, 4.69) is 5.32 Å². The van der Waals surface area contributed by atoms with Crippen molar-refractivity contribution < 1.29 is 19.1 Å². The Kier molecular flexibility index (Phi) is 9.38. The van der Waals surface area contributed by atoms with E-state index in [4.69, 9.17) is 27.9 Å². The number of nitrogens with one attached hydrogen (secondary N) is 1. The van der Waals surface area contributed by atoms with Gasteiger partial charge in [-0.3, -0.25) is 19.7 Å². The average molecular weight is 554 g/mol. The van der Waals surface area contributed by atoms with E-state index in [1.165, 1.54) is 0 Å². The quantitative estimate of drug-likeness (QED) is 0.560. The van der Waals surface area contributed by atoms with Crippen LogP contribution in [0.1, 0.15) is 44.6 Å². The molecule has 37 heavy (non-hydrogen) atoms. The van der Waals surface area contributed by atoms with Crippen molar-refractivity contribution in [2.24, 2.45) is 17.8 Å². The number of benzene rings is 1. The number of nitrogens with zero attached hydrogens (tertiary/aromatic N) is 3. The first-order valence-corrected chi connectivity index (χ1v) is 13.9. The van der Waals surface area contributed by atoms with Crippen LogP contribution in [-0.4, -0.2) is 85.0 Å². The van der Waals surface area contributed by atoms with Gasteiger partial charge in [-0.1, -0.05) is 29.3 Å². The molecule has 1 N–H and O–H groups in total. The monoisotopic (exact) mass is 552 g/mol. The van der Waals surface area contributed by atoms with E-state index in [9.17, 15) is 14.4 Å². The number of likely N-dealkylation sites (N-methyl/N-ethyl adjacent to an activating group) is 1. The molecule has 8 nitrogen and oxygen atoms in total. The van der Waals surface area contributed by atoms with Gasteiger partial charge in [0.25, 0.3) is 5.91 Å². The Morgan fingerprint density at radius 1 is 1.14 bits per heavy atom. The number of methoxy groups -OCH3 is 1. The van der Waals surface area contributed by atoms with Crippen LogP contribution in [0.5, 0.6) is 0 Å². The molecule has 1 aliphatic carbocycles. The molecule has 1 aromatic rings. The Morgan fingerprint density at radius 3 is 2.54 bits per heavy atom. The first-order chi connectivity index (χ1) is 17.7. The Bertz CT molecular complexity index is 1000. The third kappa shape index (κ3) is 6.59. The third-order valence-electron chi connectivity index (χ3n) is 8.44. The zero-order valence-electron chi connectivity index (χ0n) is 21.9. The van der Waals surface area contributed by atoms with Gasteiger partial charge in [0.2, 0.25) is 11.8 Å². The Balaban J connectivity index is 1.29. The SMILES string of the molecule is COC(C)C(=O)N1CCC(C2CCC3NCN(CC(=O)N(C)Cc4ccc(Cl)c(Cl)c4)C(=O)C3C2)CC1. The van der Waals surface area contributed by atoms with Gasteiger partial charge < -0.3 is 19.4 Å². The second kappa shape index (κ2) is 12.3. The summed E-state index contributed by atoms with van der Waals surface area (Å²) in [5.74, 6) is 0.900. The molecule has 204 valence electrons. The summed E-state index contributed by atoms with van der Waals surface area (Å²) in [6.45, 7) is 4.13. The van der Waals surface area contributed by atoms with E-state index in [1.807, 2.05) is 11.0 Å². The molecule has 0 spiro atoms. The van der Waals surface area contributed by atoms with E-state index in [-0.39, 0.29) is 36.2 Å². The Morgan fingerprint density at radius 2 is 1.86 bits per heavy atom. The number of hydrogen-bond acceptors (Lipinski definition) is 5. The molecular formula is C27H38Cl2N4O4. The van der Waals surface area contributed by atoms with Crippen molar-refractivity contribution in [1.29, 1.82) is 0 Å². The van der Waals surface area contributed by atoms with Gasteiger partial charge in [-0.15, -0.1) is 0 Å². The summed E-state index contributed by atoms with van der Waals surface area (Å²) in [5, 5.41) is 4.44. The molecule has 3 amide bonds. The number of halogens is 2. The first-order valence-electron chi connectivity index (χ1n) is 13.2. The van der Waals surface area contributed by atoms with Gasteiger partial charge in [0.15, 0.2) is 0 Å². The molecule has 3 aliphatic rings. The topological polar surface area (TPSA) is 82.2 Å². The minimum atomic E-state index is -0.408. The highest BCUT2D eigenvalue weighted by atomic mass is 35.5. The van der Waals surface area contributed by atoms with Crippen molar-refractivity contribution in [2.75, 3.05) is 40.5 Å². The maximum Gasteiger partial charge on any atom is 0.251 e. The number of likely N-dealkylation sites (tertiary alicyclic amines) is 1.